The van der Waals surface area contributed by atoms with Crippen LogP contribution in [0.2, 0.25) is 0 Å². The van der Waals surface area contributed by atoms with E-state index >= 15 is 0 Å². The maximum Gasteiger partial charge on any atom is 0.320 e. The Balaban J connectivity index is 1.27. The summed E-state index contributed by atoms with van der Waals surface area (Å²) in [5.41, 5.74) is 1.21. The van der Waals surface area contributed by atoms with Gasteiger partial charge in [-0.25, -0.2) is 4.79 Å². The van der Waals surface area contributed by atoms with Crippen LogP contribution in [0.25, 0.3) is 0 Å². The molecule has 3 saturated heterocycles. The Labute approximate surface area is 167 Å². The first-order valence-corrected chi connectivity index (χ1v) is 10.6. The fraction of sp³-hybridized carbons (Fsp3) is 0.667. The minimum absolute atomic E-state index is 0.0369. The van der Waals surface area contributed by atoms with E-state index in [0.717, 1.165) is 78.0 Å². The number of likely N-dealkylation sites (tertiary alicyclic amines) is 2. The van der Waals surface area contributed by atoms with Crippen molar-refractivity contribution in [3.8, 4) is 0 Å². The molecule has 28 heavy (non-hydrogen) atoms. The van der Waals surface area contributed by atoms with E-state index in [0.29, 0.717) is 6.54 Å². The van der Waals surface area contributed by atoms with E-state index < -0.39 is 0 Å². The van der Waals surface area contributed by atoms with E-state index in [9.17, 15) is 9.59 Å². The molecule has 4 heterocycles. The number of carbonyl (C=O) groups is 2. The molecule has 0 unspecified atom stereocenters. The van der Waals surface area contributed by atoms with Crippen molar-refractivity contribution in [3.05, 3.63) is 30.1 Å². The average Bonchev–Trinajstić information content (AvgIpc) is 3.29. The summed E-state index contributed by atoms with van der Waals surface area (Å²) in [6, 6.07) is 4.20. The second-order valence-corrected chi connectivity index (χ2v) is 8.22. The largest absolute Gasteiger partial charge is 0.340 e. The maximum absolute atomic E-state index is 13.1. The zero-order valence-corrected chi connectivity index (χ0v) is 16.6. The van der Waals surface area contributed by atoms with Gasteiger partial charge in [0.1, 0.15) is 0 Å². The van der Waals surface area contributed by atoms with Crippen LogP contribution >= 0.6 is 0 Å². The molecule has 0 bridgehead atoms. The predicted molar refractivity (Wildman–Crippen MR) is 107 cm³/mol. The zero-order valence-electron chi connectivity index (χ0n) is 16.6. The fourth-order valence-corrected chi connectivity index (χ4v) is 4.60. The third-order valence-electron chi connectivity index (χ3n) is 6.23. The quantitative estimate of drug-likeness (QED) is 0.794. The number of piperazine rings is 1. The smallest absolute Gasteiger partial charge is 0.320 e. The van der Waals surface area contributed by atoms with Gasteiger partial charge in [0.2, 0.25) is 5.91 Å². The van der Waals surface area contributed by atoms with Gasteiger partial charge in [0.25, 0.3) is 0 Å². The molecule has 7 nitrogen and oxygen atoms in total. The van der Waals surface area contributed by atoms with E-state index in [1.54, 1.807) is 6.20 Å². The number of hydrogen-bond donors (Lipinski definition) is 0. The number of carbonyl (C=O) groups excluding carboxylic acids is 2. The third-order valence-corrected chi connectivity index (χ3v) is 6.23. The first-order chi connectivity index (χ1) is 13.7. The average molecular weight is 386 g/mol. The predicted octanol–water partition coefficient (Wildman–Crippen LogP) is 1.65. The Morgan fingerprint density at radius 2 is 1.68 bits per heavy atom. The molecular formula is C21H31N5O2. The Morgan fingerprint density at radius 1 is 0.929 bits per heavy atom. The molecule has 0 spiro atoms. The molecular weight excluding hydrogens is 354 g/mol. The van der Waals surface area contributed by atoms with Crippen LogP contribution in [0.1, 0.15) is 31.2 Å². The van der Waals surface area contributed by atoms with Crippen molar-refractivity contribution in [2.75, 3.05) is 52.4 Å². The van der Waals surface area contributed by atoms with Crippen LogP contribution in [-0.2, 0) is 11.3 Å². The molecule has 0 radical (unpaired) electrons. The third kappa shape index (κ3) is 4.46. The monoisotopic (exact) mass is 385 g/mol. The lowest BCUT2D eigenvalue weighted by Gasteiger charge is -2.39. The number of rotatable bonds is 3. The summed E-state index contributed by atoms with van der Waals surface area (Å²) in [6.07, 6.45) is 7.74. The van der Waals surface area contributed by atoms with Gasteiger partial charge in [0.05, 0.1) is 5.92 Å². The summed E-state index contributed by atoms with van der Waals surface area (Å²) in [7, 11) is 0. The molecule has 1 aromatic heterocycles. The lowest BCUT2D eigenvalue weighted by atomic mass is 9.96. The van der Waals surface area contributed by atoms with Gasteiger partial charge in [0.15, 0.2) is 0 Å². The Kier molecular flexibility index (Phi) is 6.10. The lowest BCUT2D eigenvalue weighted by molar-refractivity contribution is -0.138. The van der Waals surface area contributed by atoms with Crippen molar-refractivity contribution < 1.29 is 9.59 Å². The lowest BCUT2D eigenvalue weighted by Crippen LogP contribution is -2.54. The summed E-state index contributed by atoms with van der Waals surface area (Å²) < 4.78 is 0. The van der Waals surface area contributed by atoms with Gasteiger partial charge in [0, 0.05) is 71.3 Å². The van der Waals surface area contributed by atoms with Crippen molar-refractivity contribution >= 4 is 11.9 Å². The summed E-state index contributed by atoms with van der Waals surface area (Å²) >= 11 is 0. The minimum Gasteiger partial charge on any atom is -0.340 e. The number of amides is 3. The van der Waals surface area contributed by atoms with Gasteiger partial charge in [-0.3, -0.25) is 14.7 Å². The molecule has 4 rings (SSSR count). The Morgan fingerprint density at radius 3 is 2.39 bits per heavy atom. The molecule has 3 amide bonds. The van der Waals surface area contributed by atoms with Crippen LogP contribution in [0.15, 0.2) is 24.5 Å². The highest BCUT2D eigenvalue weighted by molar-refractivity contribution is 5.81. The van der Waals surface area contributed by atoms with Gasteiger partial charge >= 0.3 is 6.03 Å². The van der Waals surface area contributed by atoms with E-state index in [1.807, 2.05) is 27.0 Å². The molecule has 1 atom stereocenters. The molecule has 3 aliphatic heterocycles. The van der Waals surface area contributed by atoms with Gasteiger partial charge in [-0.15, -0.1) is 0 Å². The van der Waals surface area contributed by atoms with E-state index in [4.69, 9.17) is 0 Å². The molecule has 1 aromatic rings. The number of pyridine rings is 1. The first kappa shape index (κ1) is 19.2. The Bertz CT molecular complexity index is 669. The minimum atomic E-state index is -0.0369. The van der Waals surface area contributed by atoms with Crippen LogP contribution < -0.4 is 0 Å². The summed E-state index contributed by atoms with van der Waals surface area (Å²) in [5.74, 6) is 0.199. The first-order valence-electron chi connectivity index (χ1n) is 10.6. The van der Waals surface area contributed by atoms with Crippen molar-refractivity contribution in [2.24, 2.45) is 5.92 Å². The van der Waals surface area contributed by atoms with Crippen molar-refractivity contribution in [2.45, 2.75) is 32.2 Å². The van der Waals surface area contributed by atoms with Gasteiger partial charge in [-0.1, -0.05) is 6.07 Å². The summed E-state index contributed by atoms with van der Waals surface area (Å²) in [5, 5.41) is 0. The van der Waals surface area contributed by atoms with E-state index in [1.165, 1.54) is 5.56 Å². The molecule has 0 aromatic carbocycles. The highest BCUT2D eigenvalue weighted by atomic mass is 16.2. The molecule has 3 fully saturated rings. The van der Waals surface area contributed by atoms with Crippen LogP contribution in [0.4, 0.5) is 4.79 Å². The van der Waals surface area contributed by atoms with Crippen molar-refractivity contribution in [1.82, 2.24) is 24.6 Å². The molecule has 0 aliphatic carbocycles. The van der Waals surface area contributed by atoms with E-state index in [-0.39, 0.29) is 17.9 Å². The number of urea groups is 1. The summed E-state index contributed by atoms with van der Waals surface area (Å²) in [4.78, 5) is 38.2. The number of aromatic nitrogens is 1. The standard InChI is InChI=1S/C21H31N5O2/c27-20(19-6-4-10-26(17-19)21(28)25-8-1-2-9-25)24-13-11-23(12-14-24)16-18-5-3-7-22-15-18/h3,5,7,15,19H,1-2,4,6,8-14,16-17H2/t19-/m1/s1. The highest BCUT2D eigenvalue weighted by Gasteiger charge is 2.34. The second-order valence-electron chi connectivity index (χ2n) is 8.22. The zero-order chi connectivity index (χ0) is 19.3. The van der Waals surface area contributed by atoms with Gasteiger partial charge < -0.3 is 14.7 Å². The molecule has 0 N–H and O–H groups in total. The Hall–Kier alpha value is -2.15. The topological polar surface area (TPSA) is 60.0 Å². The fourth-order valence-electron chi connectivity index (χ4n) is 4.60. The van der Waals surface area contributed by atoms with E-state index in [2.05, 4.69) is 16.0 Å². The van der Waals surface area contributed by atoms with Crippen LogP contribution in [0.3, 0.4) is 0 Å². The van der Waals surface area contributed by atoms with Crippen molar-refractivity contribution in [3.63, 3.8) is 0 Å². The normalized spacial score (nSPS) is 23.9. The van der Waals surface area contributed by atoms with Gasteiger partial charge in [-0.05, 0) is 37.3 Å². The number of hydrogen-bond acceptors (Lipinski definition) is 4. The molecule has 7 heteroatoms. The molecule has 152 valence electrons. The van der Waals surface area contributed by atoms with Crippen molar-refractivity contribution in [1.29, 1.82) is 0 Å². The SMILES string of the molecule is O=C([C@@H]1CCCN(C(=O)N2CCCC2)C1)N1CCN(Cc2cccnc2)CC1. The van der Waals surface area contributed by atoms with Crippen LogP contribution in [-0.4, -0.2) is 88.9 Å². The molecule has 0 saturated carbocycles. The number of piperidine rings is 1. The highest BCUT2D eigenvalue weighted by Crippen LogP contribution is 2.22. The van der Waals surface area contributed by atoms with Crippen LogP contribution in [0, 0.1) is 5.92 Å². The number of nitrogens with zero attached hydrogens (tertiary/aromatic N) is 5. The van der Waals surface area contributed by atoms with Crippen LogP contribution in [0.5, 0.6) is 0 Å². The van der Waals surface area contributed by atoms with Gasteiger partial charge in [-0.2, -0.15) is 0 Å². The second kappa shape index (κ2) is 8.90. The molecule has 3 aliphatic rings. The summed E-state index contributed by atoms with van der Waals surface area (Å²) in [6.45, 7) is 7.33. The maximum atomic E-state index is 13.1.